The zero-order valence-corrected chi connectivity index (χ0v) is 18.5. The number of thiophene rings is 1. The van der Waals surface area contributed by atoms with Crippen LogP contribution >= 0.6 is 11.3 Å². The van der Waals surface area contributed by atoms with E-state index in [1.807, 2.05) is 40.8 Å². The van der Waals surface area contributed by atoms with Gasteiger partial charge in [0.25, 0.3) is 0 Å². The van der Waals surface area contributed by atoms with Gasteiger partial charge in [-0.25, -0.2) is 15.0 Å². The van der Waals surface area contributed by atoms with Gasteiger partial charge in [0.2, 0.25) is 0 Å². The van der Waals surface area contributed by atoms with E-state index in [9.17, 15) is 0 Å². The Bertz CT molecular complexity index is 1110. The summed E-state index contributed by atoms with van der Waals surface area (Å²) in [7, 11) is 1.91. The molecule has 0 spiro atoms. The molecule has 30 heavy (non-hydrogen) atoms. The van der Waals surface area contributed by atoms with Crippen LogP contribution in [0.2, 0.25) is 0 Å². The lowest BCUT2D eigenvalue weighted by Gasteiger charge is -2.08. The van der Waals surface area contributed by atoms with Crippen molar-refractivity contribution in [2.24, 2.45) is 7.05 Å². The number of anilines is 1. The number of aryl methyl sites for hydroxylation is 1. The first-order valence-corrected chi connectivity index (χ1v) is 11.2. The van der Waals surface area contributed by atoms with Crippen LogP contribution in [0.1, 0.15) is 39.2 Å². The maximum absolute atomic E-state index is 6.15. The van der Waals surface area contributed by atoms with Gasteiger partial charge in [-0.1, -0.05) is 6.42 Å². The van der Waals surface area contributed by atoms with Crippen LogP contribution in [0.15, 0.2) is 30.7 Å². The summed E-state index contributed by atoms with van der Waals surface area (Å²) in [5, 5.41) is 8.75. The first kappa shape index (κ1) is 20.5. The van der Waals surface area contributed by atoms with Crippen LogP contribution in [0.25, 0.3) is 32.4 Å². The molecule has 1 fully saturated rings. The van der Waals surface area contributed by atoms with E-state index in [4.69, 9.17) is 5.73 Å². The van der Waals surface area contributed by atoms with Crippen molar-refractivity contribution < 1.29 is 0 Å². The van der Waals surface area contributed by atoms with Gasteiger partial charge >= 0.3 is 0 Å². The lowest BCUT2D eigenvalue weighted by atomic mass is 10.2. The average Bonchev–Trinajstić information content (AvgIpc) is 3.48. The standard InChI is InChI=1S/C16H17N7S.C5H11N/c1-9(2)23-6-4-11(21-23)12-8-10-13(17)19-14(20-16(10)24-12)15-18-5-7-22(15)3;1-2-4-6-5-3-1/h4-9H,1-3H3,(H2,17,19,20);6H,1-5H2. The van der Waals surface area contributed by atoms with Crippen molar-refractivity contribution in [3.8, 4) is 22.2 Å². The van der Waals surface area contributed by atoms with Crippen LogP contribution in [0.4, 0.5) is 5.82 Å². The molecule has 0 bridgehead atoms. The number of nitrogen functional groups attached to an aromatic ring is 1. The van der Waals surface area contributed by atoms with E-state index < -0.39 is 0 Å². The third-order valence-corrected chi connectivity index (χ3v) is 6.09. The quantitative estimate of drug-likeness (QED) is 0.518. The van der Waals surface area contributed by atoms with Gasteiger partial charge in [-0.3, -0.25) is 4.68 Å². The zero-order chi connectivity index (χ0) is 21.1. The molecular formula is C21H28N8S. The Labute approximate surface area is 180 Å². The van der Waals surface area contributed by atoms with Crippen molar-refractivity contribution in [3.63, 3.8) is 0 Å². The van der Waals surface area contributed by atoms with Gasteiger partial charge in [0, 0.05) is 31.7 Å². The van der Waals surface area contributed by atoms with E-state index in [1.54, 1.807) is 17.5 Å². The summed E-state index contributed by atoms with van der Waals surface area (Å²) in [5.74, 6) is 1.69. The molecule has 0 radical (unpaired) electrons. The number of aromatic nitrogens is 6. The fourth-order valence-electron chi connectivity index (χ4n) is 3.31. The summed E-state index contributed by atoms with van der Waals surface area (Å²) in [5.41, 5.74) is 7.07. The number of nitrogens with zero attached hydrogens (tertiary/aromatic N) is 6. The molecular weight excluding hydrogens is 396 g/mol. The second-order valence-corrected chi connectivity index (χ2v) is 8.74. The second-order valence-electron chi connectivity index (χ2n) is 7.71. The average molecular weight is 425 g/mol. The Hall–Kier alpha value is -2.78. The molecule has 0 unspecified atom stereocenters. The Morgan fingerprint density at radius 2 is 1.93 bits per heavy atom. The predicted molar refractivity (Wildman–Crippen MR) is 122 cm³/mol. The summed E-state index contributed by atoms with van der Waals surface area (Å²) in [6.45, 7) is 6.70. The van der Waals surface area contributed by atoms with Gasteiger partial charge in [-0.15, -0.1) is 11.3 Å². The van der Waals surface area contributed by atoms with Crippen LogP contribution in [-0.2, 0) is 7.05 Å². The third-order valence-electron chi connectivity index (χ3n) is 5.04. The molecule has 1 saturated heterocycles. The number of hydrogen-bond donors (Lipinski definition) is 2. The number of nitrogens with one attached hydrogen (secondary N) is 1. The number of imidazole rings is 1. The summed E-state index contributed by atoms with van der Waals surface area (Å²) in [6, 6.07) is 4.34. The largest absolute Gasteiger partial charge is 0.383 e. The molecule has 8 nitrogen and oxygen atoms in total. The van der Waals surface area contributed by atoms with Gasteiger partial charge < -0.3 is 15.6 Å². The van der Waals surface area contributed by atoms with Crippen LogP contribution in [0.3, 0.4) is 0 Å². The summed E-state index contributed by atoms with van der Waals surface area (Å²) < 4.78 is 3.81. The van der Waals surface area contributed by atoms with Crippen LogP contribution in [-0.4, -0.2) is 42.4 Å². The minimum atomic E-state index is 0.327. The Balaban J connectivity index is 0.000000313. The van der Waals surface area contributed by atoms with Crippen LogP contribution in [0, 0.1) is 0 Å². The maximum atomic E-state index is 6.15. The minimum Gasteiger partial charge on any atom is -0.383 e. The highest BCUT2D eigenvalue weighted by Gasteiger charge is 2.15. The molecule has 4 aromatic rings. The van der Waals surface area contributed by atoms with Crippen molar-refractivity contribution in [1.82, 2.24) is 34.6 Å². The fraction of sp³-hybridized carbons (Fsp3) is 0.429. The van der Waals surface area contributed by atoms with E-state index in [0.717, 1.165) is 20.8 Å². The molecule has 0 atom stereocenters. The SMILES string of the molecule is C1CCNCC1.CC(C)n1ccc(-c2cc3c(N)nc(-c4nccn4C)nc3s2)n1. The zero-order valence-electron chi connectivity index (χ0n) is 17.7. The molecule has 5 heterocycles. The minimum absolute atomic E-state index is 0.327. The van der Waals surface area contributed by atoms with Gasteiger partial charge in [-0.2, -0.15) is 5.10 Å². The predicted octanol–water partition coefficient (Wildman–Crippen LogP) is 3.88. The smallest absolute Gasteiger partial charge is 0.199 e. The molecule has 0 amide bonds. The molecule has 5 rings (SSSR count). The van der Waals surface area contributed by atoms with Gasteiger partial charge in [0.1, 0.15) is 16.3 Å². The number of piperidine rings is 1. The molecule has 4 aromatic heterocycles. The van der Waals surface area contributed by atoms with Crippen molar-refractivity contribution in [3.05, 3.63) is 30.7 Å². The third kappa shape index (κ3) is 4.36. The van der Waals surface area contributed by atoms with Crippen molar-refractivity contribution in [2.75, 3.05) is 18.8 Å². The molecule has 0 aromatic carbocycles. The molecule has 0 saturated carbocycles. The van der Waals surface area contributed by atoms with E-state index in [0.29, 0.717) is 23.5 Å². The first-order valence-electron chi connectivity index (χ1n) is 10.3. The molecule has 1 aliphatic heterocycles. The van der Waals surface area contributed by atoms with Gasteiger partial charge in [0.05, 0.1) is 10.3 Å². The van der Waals surface area contributed by atoms with Crippen LogP contribution in [0.5, 0.6) is 0 Å². The van der Waals surface area contributed by atoms with Crippen LogP contribution < -0.4 is 11.1 Å². The van der Waals surface area contributed by atoms with E-state index in [1.165, 1.54) is 32.4 Å². The summed E-state index contributed by atoms with van der Waals surface area (Å²) in [6.07, 6.45) is 9.78. The highest BCUT2D eigenvalue weighted by Crippen LogP contribution is 2.35. The Kier molecular flexibility index (Phi) is 6.10. The molecule has 9 heteroatoms. The second kappa shape index (κ2) is 8.93. The monoisotopic (exact) mass is 424 g/mol. The number of hydrogen-bond acceptors (Lipinski definition) is 7. The van der Waals surface area contributed by atoms with Crippen molar-refractivity contribution in [1.29, 1.82) is 0 Å². The fourth-order valence-corrected chi connectivity index (χ4v) is 4.31. The number of rotatable bonds is 3. The molecule has 1 aliphatic rings. The molecule has 158 valence electrons. The topological polar surface area (TPSA) is 99.5 Å². The first-order chi connectivity index (χ1) is 14.5. The Morgan fingerprint density at radius 3 is 2.50 bits per heavy atom. The van der Waals surface area contributed by atoms with E-state index in [-0.39, 0.29) is 0 Å². The normalized spacial score (nSPS) is 14.1. The van der Waals surface area contributed by atoms with Gasteiger partial charge in [0.15, 0.2) is 11.6 Å². The van der Waals surface area contributed by atoms with E-state index >= 15 is 0 Å². The van der Waals surface area contributed by atoms with Gasteiger partial charge in [-0.05, 0) is 51.9 Å². The Morgan fingerprint density at radius 1 is 1.13 bits per heavy atom. The lowest BCUT2D eigenvalue weighted by molar-refractivity contribution is 0.520. The summed E-state index contributed by atoms with van der Waals surface area (Å²) in [4.78, 5) is 15.2. The molecule has 3 N–H and O–H groups in total. The molecule has 0 aliphatic carbocycles. The highest BCUT2D eigenvalue weighted by atomic mass is 32.1. The number of nitrogens with two attached hydrogens (primary N) is 1. The summed E-state index contributed by atoms with van der Waals surface area (Å²) >= 11 is 1.56. The van der Waals surface area contributed by atoms with Crippen molar-refractivity contribution in [2.45, 2.75) is 39.2 Å². The number of fused-ring (bicyclic) bond motifs is 1. The lowest BCUT2D eigenvalue weighted by Crippen LogP contribution is -2.21. The maximum Gasteiger partial charge on any atom is 0.199 e. The van der Waals surface area contributed by atoms with Crippen molar-refractivity contribution >= 4 is 27.4 Å². The van der Waals surface area contributed by atoms with E-state index in [2.05, 4.69) is 39.2 Å². The highest BCUT2D eigenvalue weighted by molar-refractivity contribution is 7.21.